The van der Waals surface area contributed by atoms with Gasteiger partial charge in [-0.2, -0.15) is 13.2 Å². The molecule has 1 aromatic heterocycles. The summed E-state index contributed by atoms with van der Waals surface area (Å²) in [6.45, 7) is 21.5. The molecule has 4 heterocycles. The standard InChI is InChI=1S/C82H106ClF3N12O11S4/c1-8-112(93-76(102)60-20-24-64(25-21-60)96-40-38-95(39-41-96)52-61-50-81(6,7)32-30-68(61)58-18-22-62(83)23-19-58)67-26-27-69(71(49-67)113(106,107)82(84,85)86)91-63(54-110-66-12-10-9-11-13-66)31-35-94-36-42-97(43-37-94)79(105)88-34-45-109-47-46-108-44-33-87-72(100)28-29-73(101)92-75(80(3,4)5)78(104)98-53-65(99)48-70(98)77(103)89-51-57-14-16-59(17-15-57)74-56(2)90-55-111-74/h8-27,49,55,63,65,70,75,91,99H,28-48,50-54H2,1-7H3,(H,87,100)(H,88,105)(H,89,103)(H,92,101)(H,93,102)/t63-,65-,70+,75-,112?/m1/s1. The van der Waals surface area contributed by atoms with E-state index in [1.165, 1.54) is 39.4 Å². The van der Waals surface area contributed by atoms with E-state index in [0.29, 0.717) is 50.5 Å². The summed E-state index contributed by atoms with van der Waals surface area (Å²) in [7, 11) is -7.22. The fourth-order valence-corrected chi connectivity index (χ4v) is 18.5. The molecular formula is C82H106ClF3N12O11S4. The number of alkyl halides is 3. The first-order valence-corrected chi connectivity index (χ1v) is 43.4. The molecule has 3 aliphatic heterocycles. The van der Waals surface area contributed by atoms with E-state index >= 15 is 0 Å². The maximum Gasteiger partial charge on any atom is 0.501 e. The summed E-state index contributed by atoms with van der Waals surface area (Å²) < 4.78 is 85.4. The van der Waals surface area contributed by atoms with Crippen LogP contribution in [-0.4, -0.2) is 226 Å². The van der Waals surface area contributed by atoms with E-state index in [-0.39, 0.29) is 93.9 Å². The summed E-state index contributed by atoms with van der Waals surface area (Å²) in [5, 5.41) is 27.5. The highest BCUT2D eigenvalue weighted by Crippen LogP contribution is 2.44. The number of carbonyl (C=O) groups is 6. The van der Waals surface area contributed by atoms with Gasteiger partial charge in [0.15, 0.2) is 0 Å². The van der Waals surface area contributed by atoms with Crippen molar-refractivity contribution in [2.24, 2.45) is 10.8 Å². The molecule has 0 spiro atoms. The molecule has 0 bridgehead atoms. The Morgan fingerprint density at radius 2 is 1.45 bits per heavy atom. The van der Waals surface area contributed by atoms with Crippen molar-refractivity contribution >= 4 is 113 Å². The minimum Gasteiger partial charge on any atom is -0.391 e. The average molecular weight is 1660 g/mol. The van der Waals surface area contributed by atoms with E-state index in [9.17, 15) is 55.5 Å². The van der Waals surface area contributed by atoms with Crippen LogP contribution in [0.2, 0.25) is 5.02 Å². The second kappa shape index (κ2) is 40.6. The maximum atomic E-state index is 14.7. The number of thiazole rings is 1. The molecule has 7 amide bonds. The normalized spacial score (nSPS) is 18.0. The van der Waals surface area contributed by atoms with Crippen LogP contribution in [0.15, 0.2) is 147 Å². The van der Waals surface area contributed by atoms with E-state index in [1.54, 1.807) is 73.0 Å². The Balaban J connectivity index is 0.620. The predicted molar refractivity (Wildman–Crippen MR) is 442 cm³/mol. The minimum atomic E-state index is -5.91. The van der Waals surface area contributed by atoms with Gasteiger partial charge in [-0.1, -0.05) is 117 Å². The molecule has 10 rings (SSSR count). The predicted octanol–water partition coefficient (Wildman–Crippen LogP) is 11.7. The van der Waals surface area contributed by atoms with Gasteiger partial charge < -0.3 is 55.9 Å². The summed E-state index contributed by atoms with van der Waals surface area (Å²) >= 11 is 9.27. The van der Waals surface area contributed by atoms with Crippen LogP contribution >= 0.6 is 45.4 Å². The number of nitrogens with one attached hydrogen (secondary N) is 6. The largest absolute Gasteiger partial charge is 0.501 e. The Hall–Kier alpha value is -7.91. The number of ether oxygens (including phenoxy) is 2. The smallest absolute Gasteiger partial charge is 0.391 e. The number of nitrogens with zero attached hydrogens (tertiary/aromatic N) is 6. The number of allylic oxidation sites excluding steroid dienone is 1. The lowest BCUT2D eigenvalue weighted by Crippen LogP contribution is -2.57. The molecule has 3 fully saturated rings. The molecule has 612 valence electrons. The van der Waals surface area contributed by atoms with Crippen LogP contribution in [0, 0.1) is 17.8 Å². The number of likely N-dealkylation sites (tertiary alicyclic amines) is 1. The van der Waals surface area contributed by atoms with Crippen molar-refractivity contribution in [3.8, 4) is 10.4 Å². The summed E-state index contributed by atoms with van der Waals surface area (Å²) in [4.78, 5) is 96.2. The van der Waals surface area contributed by atoms with Crippen LogP contribution in [-0.2, 0) is 45.0 Å². The SMILES string of the molecule is C/C=S(/NC(=O)c1ccc(N2CCN(CC3=C(c4ccc(Cl)cc4)CCC(C)(C)C3)CC2)cc1)c1ccc(N[C@H](CCN2CCN(C(=O)NCCOCCOCCNC(=O)CCC(=O)N[C@H](C(=O)N3C[C@H](O)C[C@H]3C(=O)NCc3ccc(-c4scnc4C)cc3)C(C)(C)C)CC2)CSc2ccccc2)c(S(=O)(=O)C(F)(F)F)c1. The molecule has 5 atom stereocenters. The topological polar surface area (TPSA) is 277 Å². The number of amides is 7. The second-order valence-electron chi connectivity index (χ2n) is 30.7. The Morgan fingerprint density at radius 3 is 2.10 bits per heavy atom. The molecule has 23 nitrogen and oxygen atoms in total. The van der Waals surface area contributed by atoms with Crippen molar-refractivity contribution in [3.63, 3.8) is 0 Å². The first-order valence-electron chi connectivity index (χ1n) is 38.4. The zero-order chi connectivity index (χ0) is 81.0. The number of carbonyl (C=O) groups excluding carboxylic acids is 6. The van der Waals surface area contributed by atoms with Crippen molar-refractivity contribution in [1.82, 2.24) is 50.6 Å². The number of anilines is 2. The van der Waals surface area contributed by atoms with Crippen molar-refractivity contribution in [1.29, 1.82) is 0 Å². The van der Waals surface area contributed by atoms with Gasteiger partial charge in [-0.3, -0.25) is 38.5 Å². The number of aliphatic hydroxyl groups excluding tert-OH is 1. The molecule has 5 aromatic carbocycles. The van der Waals surface area contributed by atoms with Crippen molar-refractivity contribution in [2.75, 3.05) is 127 Å². The molecule has 0 radical (unpaired) electrons. The van der Waals surface area contributed by atoms with Gasteiger partial charge in [0.25, 0.3) is 15.7 Å². The van der Waals surface area contributed by atoms with Gasteiger partial charge in [0.1, 0.15) is 17.0 Å². The first-order chi connectivity index (χ1) is 53.9. The molecule has 4 aliphatic rings. The fraction of sp³-hybridized carbons (Fsp3) is 0.488. The first kappa shape index (κ1) is 87.5. The zero-order valence-electron chi connectivity index (χ0n) is 65.3. The van der Waals surface area contributed by atoms with Crippen LogP contribution in [0.25, 0.3) is 16.0 Å². The number of hydrogen-bond acceptors (Lipinski definition) is 18. The fourth-order valence-electron chi connectivity index (χ4n) is 14.2. The third kappa shape index (κ3) is 25.1. The molecule has 7 N–H and O–H groups in total. The number of sulfone groups is 1. The van der Waals surface area contributed by atoms with Gasteiger partial charge in [-0.25, -0.2) is 18.2 Å². The number of benzene rings is 5. The molecule has 3 saturated heterocycles. The van der Waals surface area contributed by atoms with Gasteiger partial charge >= 0.3 is 11.5 Å². The quantitative estimate of drug-likeness (QED) is 0.0112. The number of halogens is 4. The number of hydrogen-bond donors (Lipinski definition) is 7. The summed E-state index contributed by atoms with van der Waals surface area (Å²) in [5.41, 5.74) is 3.61. The van der Waals surface area contributed by atoms with Gasteiger partial charge in [0, 0.05) is 149 Å². The Kier molecular flexibility index (Phi) is 31.4. The molecule has 113 heavy (non-hydrogen) atoms. The lowest BCUT2D eigenvalue weighted by molar-refractivity contribution is -0.144. The minimum absolute atomic E-state index is 0.0420. The number of piperazine rings is 2. The summed E-state index contributed by atoms with van der Waals surface area (Å²) in [5.74, 6) is -1.96. The van der Waals surface area contributed by atoms with Crippen molar-refractivity contribution < 1.29 is 64.9 Å². The Morgan fingerprint density at radius 1 is 0.796 bits per heavy atom. The highest BCUT2D eigenvalue weighted by atomic mass is 35.5. The number of aliphatic hydroxyl groups is 1. The van der Waals surface area contributed by atoms with Gasteiger partial charge in [-0.05, 0) is 145 Å². The second-order valence-corrected chi connectivity index (χ2v) is 36.8. The van der Waals surface area contributed by atoms with E-state index in [0.717, 1.165) is 95.4 Å². The Labute approximate surface area is 677 Å². The van der Waals surface area contributed by atoms with Gasteiger partial charge in [-0.15, -0.1) is 23.1 Å². The number of β-amino-alcohol motifs (C(OH)–C–C–N with tert-alkyl or cyclic N) is 1. The number of urea groups is 1. The van der Waals surface area contributed by atoms with Crippen LogP contribution in [0.1, 0.15) is 114 Å². The molecular weight excluding hydrogens is 1550 g/mol. The van der Waals surface area contributed by atoms with Crippen molar-refractivity contribution in [2.45, 2.75) is 144 Å². The number of thioether (sulfide) groups is 1. The number of rotatable bonds is 34. The lowest BCUT2D eigenvalue weighted by atomic mass is 9.73. The van der Waals surface area contributed by atoms with E-state index in [4.69, 9.17) is 21.1 Å². The number of aryl methyl sites for hydroxylation is 1. The average Bonchev–Trinajstić information content (AvgIpc) is 1.39. The highest BCUT2D eigenvalue weighted by Gasteiger charge is 2.49. The zero-order valence-corrected chi connectivity index (χ0v) is 69.3. The highest BCUT2D eigenvalue weighted by molar-refractivity contribution is 8.13. The van der Waals surface area contributed by atoms with Crippen LogP contribution in [0.4, 0.5) is 29.3 Å². The number of aromatic nitrogens is 1. The Bertz CT molecular complexity index is 4400. The molecule has 31 heteroatoms. The van der Waals surface area contributed by atoms with Crippen molar-refractivity contribution in [3.05, 3.63) is 160 Å². The van der Waals surface area contributed by atoms with E-state index in [1.807, 2.05) is 85.8 Å². The lowest BCUT2D eigenvalue weighted by Gasteiger charge is -2.39. The molecule has 1 aliphatic carbocycles. The third-order valence-electron chi connectivity index (χ3n) is 20.6. The summed E-state index contributed by atoms with van der Waals surface area (Å²) in [6.07, 6.45) is 2.35. The van der Waals surface area contributed by atoms with Crippen LogP contribution in [0.3, 0.4) is 0 Å². The van der Waals surface area contributed by atoms with Crippen LogP contribution in [0.5, 0.6) is 0 Å². The van der Waals surface area contributed by atoms with Gasteiger partial charge in [0.05, 0.1) is 54.3 Å². The van der Waals surface area contributed by atoms with E-state index in [2.05, 4.69) is 77.0 Å². The molecule has 6 aromatic rings. The van der Waals surface area contributed by atoms with Gasteiger partial charge in [0.2, 0.25) is 23.6 Å². The van der Waals surface area contributed by atoms with E-state index < -0.39 is 90.1 Å². The molecule has 1 unspecified atom stereocenters. The summed E-state index contributed by atoms with van der Waals surface area (Å²) in [6, 6.07) is 33.7. The monoisotopic (exact) mass is 1650 g/mol. The molecule has 0 saturated carbocycles. The van der Waals surface area contributed by atoms with Crippen LogP contribution < -0.4 is 36.2 Å². The maximum absolute atomic E-state index is 14.7. The third-order valence-corrected chi connectivity index (χ3v) is 26.2.